The Bertz CT molecular complexity index is 913. The molecule has 6 nitrogen and oxygen atoms in total. The normalized spacial score (nSPS) is 13.8. The van der Waals surface area contributed by atoms with E-state index in [0.717, 1.165) is 11.1 Å². The highest BCUT2D eigenvalue weighted by Gasteiger charge is 2.22. The molecule has 0 unspecified atom stereocenters. The van der Waals surface area contributed by atoms with Gasteiger partial charge in [-0.1, -0.05) is 29.8 Å². The Hall–Kier alpha value is -2.25. The van der Waals surface area contributed by atoms with Gasteiger partial charge in [0.25, 0.3) is 0 Å². The van der Waals surface area contributed by atoms with Crippen molar-refractivity contribution < 1.29 is 17.9 Å². The van der Waals surface area contributed by atoms with Crippen LogP contribution in [0.3, 0.4) is 0 Å². The molecule has 0 radical (unpaired) electrons. The fraction of sp³-hybridized carbons (Fsp3) is 0.278. The van der Waals surface area contributed by atoms with Crippen LogP contribution in [0.25, 0.3) is 0 Å². The minimum absolute atomic E-state index is 0.143. The Balaban J connectivity index is 1.74. The lowest BCUT2D eigenvalue weighted by atomic mass is 9.99. The summed E-state index contributed by atoms with van der Waals surface area (Å²) in [6.07, 6.45) is 0.326. The quantitative estimate of drug-likeness (QED) is 0.862. The van der Waals surface area contributed by atoms with Gasteiger partial charge in [-0.3, -0.25) is 4.72 Å². The van der Waals surface area contributed by atoms with Crippen molar-refractivity contribution >= 4 is 33.4 Å². The summed E-state index contributed by atoms with van der Waals surface area (Å²) in [6, 6.07) is 12.1. The standard InChI is InChI=1S/C18H19ClN2O4S/c1-25-18(22)21-9-8-14-4-7-17(10-15(14)11-21)20-26(23,24)12-13-2-5-16(19)6-3-13/h2-7,10,20H,8-9,11-12H2,1H3. The van der Waals surface area contributed by atoms with Crippen LogP contribution in [0.5, 0.6) is 0 Å². The smallest absolute Gasteiger partial charge is 0.409 e. The molecule has 3 rings (SSSR count). The van der Waals surface area contributed by atoms with E-state index in [1.165, 1.54) is 7.11 Å². The summed E-state index contributed by atoms with van der Waals surface area (Å²) in [5.41, 5.74) is 3.14. The van der Waals surface area contributed by atoms with Crippen LogP contribution in [0, 0.1) is 0 Å². The van der Waals surface area contributed by atoms with Crippen molar-refractivity contribution in [2.24, 2.45) is 0 Å². The lowest BCUT2D eigenvalue weighted by Crippen LogP contribution is -2.35. The first-order valence-corrected chi connectivity index (χ1v) is 10.1. The molecule has 1 N–H and O–H groups in total. The third-order valence-corrected chi connectivity index (χ3v) is 5.71. The highest BCUT2D eigenvalue weighted by molar-refractivity contribution is 7.91. The zero-order valence-corrected chi connectivity index (χ0v) is 15.8. The highest BCUT2D eigenvalue weighted by Crippen LogP contribution is 2.24. The van der Waals surface area contributed by atoms with Crippen molar-refractivity contribution in [2.75, 3.05) is 18.4 Å². The molecule has 0 saturated heterocycles. The van der Waals surface area contributed by atoms with E-state index in [9.17, 15) is 13.2 Å². The number of hydrogen-bond donors (Lipinski definition) is 1. The number of ether oxygens (including phenoxy) is 1. The SMILES string of the molecule is COC(=O)N1CCc2ccc(NS(=O)(=O)Cc3ccc(Cl)cc3)cc2C1. The molecule has 1 heterocycles. The maximum absolute atomic E-state index is 12.4. The molecule has 26 heavy (non-hydrogen) atoms. The summed E-state index contributed by atoms with van der Waals surface area (Å²) in [4.78, 5) is 13.3. The lowest BCUT2D eigenvalue weighted by molar-refractivity contribution is 0.118. The largest absolute Gasteiger partial charge is 0.453 e. The number of methoxy groups -OCH3 is 1. The van der Waals surface area contributed by atoms with Crippen molar-refractivity contribution in [2.45, 2.75) is 18.7 Å². The number of carbonyl (C=O) groups is 1. The zero-order chi connectivity index (χ0) is 18.7. The average molecular weight is 395 g/mol. The number of rotatable bonds is 4. The van der Waals surface area contributed by atoms with Crippen LogP contribution in [0.2, 0.25) is 5.02 Å². The van der Waals surface area contributed by atoms with Crippen LogP contribution >= 0.6 is 11.6 Å². The van der Waals surface area contributed by atoms with Gasteiger partial charge < -0.3 is 9.64 Å². The van der Waals surface area contributed by atoms with E-state index in [1.807, 2.05) is 6.07 Å². The Labute approximate surface area is 157 Å². The number of amides is 1. The number of halogens is 1. The summed E-state index contributed by atoms with van der Waals surface area (Å²) >= 11 is 5.82. The van der Waals surface area contributed by atoms with Crippen molar-refractivity contribution in [1.29, 1.82) is 0 Å². The van der Waals surface area contributed by atoms with Gasteiger partial charge in [0.2, 0.25) is 10.0 Å². The average Bonchev–Trinajstić information content (AvgIpc) is 2.61. The van der Waals surface area contributed by atoms with Gasteiger partial charge in [-0.2, -0.15) is 0 Å². The fourth-order valence-electron chi connectivity index (χ4n) is 2.92. The van der Waals surface area contributed by atoms with E-state index in [1.54, 1.807) is 41.3 Å². The molecule has 0 saturated carbocycles. The number of anilines is 1. The van der Waals surface area contributed by atoms with E-state index in [-0.39, 0.29) is 11.8 Å². The number of nitrogens with one attached hydrogen (secondary N) is 1. The van der Waals surface area contributed by atoms with Crippen LogP contribution in [0.1, 0.15) is 16.7 Å². The summed E-state index contributed by atoms with van der Waals surface area (Å²) in [5, 5.41) is 0.559. The Morgan fingerprint density at radius 1 is 1.19 bits per heavy atom. The predicted molar refractivity (Wildman–Crippen MR) is 101 cm³/mol. The molecule has 0 aliphatic carbocycles. The molecule has 1 aliphatic rings. The molecular weight excluding hydrogens is 376 g/mol. The van der Waals surface area contributed by atoms with Gasteiger partial charge in [0.05, 0.1) is 12.9 Å². The molecule has 0 aromatic heterocycles. The van der Waals surface area contributed by atoms with E-state index in [0.29, 0.717) is 35.8 Å². The fourth-order valence-corrected chi connectivity index (χ4v) is 4.24. The van der Waals surface area contributed by atoms with Crippen molar-refractivity contribution in [3.63, 3.8) is 0 Å². The second-order valence-corrected chi connectivity index (χ2v) is 8.27. The van der Waals surface area contributed by atoms with E-state index >= 15 is 0 Å². The van der Waals surface area contributed by atoms with Gasteiger partial charge in [-0.15, -0.1) is 0 Å². The van der Waals surface area contributed by atoms with Crippen LogP contribution < -0.4 is 4.72 Å². The molecule has 1 amide bonds. The first kappa shape index (κ1) is 18.5. The van der Waals surface area contributed by atoms with E-state index in [4.69, 9.17) is 16.3 Å². The number of fused-ring (bicyclic) bond motifs is 1. The molecule has 0 bridgehead atoms. The van der Waals surface area contributed by atoms with Crippen LogP contribution in [0.4, 0.5) is 10.5 Å². The molecule has 0 atom stereocenters. The minimum Gasteiger partial charge on any atom is -0.453 e. The number of carbonyl (C=O) groups excluding carboxylic acids is 1. The third kappa shape index (κ3) is 4.47. The van der Waals surface area contributed by atoms with Gasteiger partial charge >= 0.3 is 6.09 Å². The van der Waals surface area contributed by atoms with Gasteiger partial charge in [-0.25, -0.2) is 13.2 Å². The summed E-state index contributed by atoms with van der Waals surface area (Å²) < 4.78 is 32.2. The molecule has 8 heteroatoms. The van der Waals surface area contributed by atoms with Gasteiger partial charge in [0.1, 0.15) is 0 Å². The summed E-state index contributed by atoms with van der Waals surface area (Å²) in [7, 11) is -2.21. The van der Waals surface area contributed by atoms with Crippen LogP contribution in [0.15, 0.2) is 42.5 Å². The second-order valence-electron chi connectivity index (χ2n) is 6.11. The molecule has 138 valence electrons. The van der Waals surface area contributed by atoms with Gasteiger partial charge in [0.15, 0.2) is 0 Å². The lowest BCUT2D eigenvalue weighted by Gasteiger charge is -2.28. The molecule has 2 aromatic rings. The molecule has 2 aromatic carbocycles. The highest BCUT2D eigenvalue weighted by atomic mass is 35.5. The number of nitrogens with zero attached hydrogens (tertiary/aromatic N) is 1. The first-order chi connectivity index (χ1) is 12.4. The van der Waals surface area contributed by atoms with Gasteiger partial charge in [0, 0.05) is 23.8 Å². The van der Waals surface area contributed by atoms with Gasteiger partial charge in [-0.05, 0) is 47.4 Å². The summed E-state index contributed by atoms with van der Waals surface area (Å²) in [5.74, 6) is -0.143. The molecule has 1 aliphatic heterocycles. The Kier molecular flexibility index (Phi) is 5.38. The maximum Gasteiger partial charge on any atom is 0.409 e. The van der Waals surface area contributed by atoms with Crippen molar-refractivity contribution in [3.05, 3.63) is 64.2 Å². The minimum atomic E-state index is -3.56. The molecule has 0 spiro atoms. The maximum atomic E-state index is 12.4. The van der Waals surface area contributed by atoms with Crippen LogP contribution in [-0.4, -0.2) is 33.1 Å². The topological polar surface area (TPSA) is 75.7 Å². The van der Waals surface area contributed by atoms with E-state index in [2.05, 4.69) is 4.72 Å². The molecular formula is C18H19ClN2O4S. The first-order valence-electron chi connectivity index (χ1n) is 8.06. The monoisotopic (exact) mass is 394 g/mol. The summed E-state index contributed by atoms with van der Waals surface area (Å²) in [6.45, 7) is 0.982. The second kappa shape index (κ2) is 7.55. The Morgan fingerprint density at radius 3 is 2.62 bits per heavy atom. The molecule has 0 fully saturated rings. The number of hydrogen-bond acceptors (Lipinski definition) is 4. The number of benzene rings is 2. The third-order valence-electron chi connectivity index (χ3n) is 4.19. The van der Waals surface area contributed by atoms with Crippen LogP contribution in [-0.2, 0) is 33.5 Å². The number of sulfonamides is 1. The predicted octanol–water partition coefficient (Wildman–Crippen LogP) is 3.41. The van der Waals surface area contributed by atoms with E-state index < -0.39 is 10.0 Å². The van der Waals surface area contributed by atoms with Crippen molar-refractivity contribution in [1.82, 2.24) is 4.90 Å². The zero-order valence-electron chi connectivity index (χ0n) is 14.2. The Morgan fingerprint density at radius 2 is 1.92 bits per heavy atom. The van der Waals surface area contributed by atoms with Crippen molar-refractivity contribution in [3.8, 4) is 0 Å².